The van der Waals surface area contributed by atoms with E-state index in [1.807, 2.05) is 24.8 Å². The monoisotopic (exact) mass is 528 g/mol. The number of hydrogen-bond acceptors (Lipinski definition) is 6. The van der Waals surface area contributed by atoms with Crippen molar-refractivity contribution in [1.29, 1.82) is 0 Å². The first kappa shape index (κ1) is 28.7. The molecule has 1 aliphatic carbocycles. The molecule has 0 radical (unpaired) electrons. The molecule has 2 aromatic carbocycles. The summed E-state index contributed by atoms with van der Waals surface area (Å²) >= 11 is 0. The van der Waals surface area contributed by atoms with Crippen LogP contribution in [0.4, 0.5) is 0 Å². The second-order valence-corrected chi connectivity index (χ2v) is 11.7. The van der Waals surface area contributed by atoms with Gasteiger partial charge in [-0.2, -0.15) is 4.72 Å². The molecule has 1 unspecified atom stereocenters. The molecule has 0 amide bonds. The minimum absolute atomic E-state index is 0.0642. The van der Waals surface area contributed by atoms with Crippen LogP contribution in [-0.2, 0) is 27.8 Å². The lowest BCUT2D eigenvalue weighted by molar-refractivity contribution is -0.135. The Labute approximate surface area is 221 Å². The lowest BCUT2D eigenvalue weighted by Gasteiger charge is -2.29. The molecule has 0 saturated carbocycles. The molecule has 4 rings (SSSR count). The van der Waals surface area contributed by atoms with E-state index in [1.165, 1.54) is 80.4 Å². The summed E-state index contributed by atoms with van der Waals surface area (Å²) in [5, 5.41) is 11.8. The maximum absolute atomic E-state index is 11.5. The molecule has 0 bridgehead atoms. The average Bonchev–Trinajstić information content (AvgIpc) is 2.87. The lowest BCUT2D eigenvalue weighted by atomic mass is 9.86. The van der Waals surface area contributed by atoms with Gasteiger partial charge in [0.25, 0.3) is 0 Å². The Balaban J connectivity index is 0.000000222. The number of benzene rings is 2. The van der Waals surface area contributed by atoms with Crippen LogP contribution in [0, 0.1) is 6.92 Å². The van der Waals surface area contributed by atoms with Crippen LogP contribution in [0.25, 0.3) is 0 Å². The molecule has 8 nitrogen and oxygen atoms in total. The number of nitrogens with zero attached hydrogens (tertiary/aromatic N) is 1. The Morgan fingerprint density at radius 3 is 2.46 bits per heavy atom. The molecule has 1 saturated heterocycles. The second kappa shape index (κ2) is 13.6. The molecule has 37 heavy (non-hydrogen) atoms. The van der Waals surface area contributed by atoms with Crippen LogP contribution in [0.5, 0.6) is 0 Å². The Morgan fingerprint density at radius 2 is 1.81 bits per heavy atom. The van der Waals surface area contributed by atoms with E-state index in [4.69, 9.17) is 10.8 Å². The number of piperidine rings is 1. The number of fused-ring (bicyclic) bond motifs is 1. The number of carboxylic acid groups (broad SMARTS) is 1. The van der Waals surface area contributed by atoms with Crippen molar-refractivity contribution in [3.63, 3.8) is 0 Å². The number of carbonyl (C=O) groups is 1. The molecule has 202 valence electrons. The van der Waals surface area contributed by atoms with Gasteiger partial charge in [0.2, 0.25) is 10.0 Å². The van der Waals surface area contributed by atoms with Gasteiger partial charge in [-0.3, -0.25) is 9.69 Å². The highest BCUT2D eigenvalue weighted by atomic mass is 32.2. The molecule has 1 aliphatic heterocycles. The van der Waals surface area contributed by atoms with Crippen LogP contribution < -0.4 is 15.8 Å². The summed E-state index contributed by atoms with van der Waals surface area (Å²) in [7, 11) is -3.70. The van der Waals surface area contributed by atoms with E-state index in [2.05, 4.69) is 28.4 Å². The summed E-state index contributed by atoms with van der Waals surface area (Å²) in [6.45, 7) is 6.80. The van der Waals surface area contributed by atoms with Crippen molar-refractivity contribution < 1.29 is 18.3 Å². The molecule has 0 aromatic heterocycles. The standard InChI is InChI=1S/C19H29N3.C9H11NO4S/c1-15(20)13-21-19-7-5-6-17-12-16(8-9-18(17)19)14-22-10-3-2-4-11-22;1-7-2-4-8(5-3-7)15(13,14)10-6-9(11)12/h8-9,12-13,19,21H,2-7,10-11,14,20H2,1H3;2-5,10H,6H2,1H3,(H,11,12)/b15-13-;. The number of carboxylic acids is 1. The van der Waals surface area contributed by atoms with Crippen LogP contribution >= 0.6 is 0 Å². The zero-order chi connectivity index (χ0) is 26.8. The van der Waals surface area contributed by atoms with Gasteiger partial charge in [-0.1, -0.05) is 42.3 Å². The van der Waals surface area contributed by atoms with Gasteiger partial charge in [0, 0.05) is 18.4 Å². The van der Waals surface area contributed by atoms with Crippen LogP contribution in [0.2, 0.25) is 0 Å². The zero-order valence-electron chi connectivity index (χ0n) is 21.9. The molecular weight excluding hydrogens is 488 g/mol. The van der Waals surface area contributed by atoms with Gasteiger partial charge >= 0.3 is 5.97 Å². The van der Waals surface area contributed by atoms with E-state index in [9.17, 15) is 13.2 Å². The molecule has 0 spiro atoms. The average molecular weight is 529 g/mol. The number of likely N-dealkylation sites (tertiary alicyclic amines) is 1. The van der Waals surface area contributed by atoms with E-state index in [-0.39, 0.29) is 4.90 Å². The Bertz CT molecular complexity index is 1170. The predicted molar refractivity (Wildman–Crippen MR) is 146 cm³/mol. The minimum Gasteiger partial charge on any atom is -0.480 e. The number of nitrogens with one attached hydrogen (secondary N) is 2. The summed E-state index contributed by atoms with van der Waals surface area (Å²) in [5.74, 6) is -1.22. The first-order valence-electron chi connectivity index (χ1n) is 12.9. The number of hydrogen-bond donors (Lipinski definition) is 4. The van der Waals surface area contributed by atoms with Crippen molar-refractivity contribution in [2.45, 2.75) is 69.9 Å². The lowest BCUT2D eigenvalue weighted by Crippen LogP contribution is -2.29. The molecule has 5 N–H and O–H groups in total. The van der Waals surface area contributed by atoms with E-state index < -0.39 is 22.5 Å². The number of rotatable bonds is 8. The highest BCUT2D eigenvalue weighted by Crippen LogP contribution is 2.31. The summed E-state index contributed by atoms with van der Waals surface area (Å²) in [5.41, 5.74) is 12.0. The van der Waals surface area contributed by atoms with Crippen LogP contribution in [0.1, 0.15) is 67.3 Å². The quantitative estimate of drug-likeness (QED) is 0.411. The maximum atomic E-state index is 11.5. The zero-order valence-corrected chi connectivity index (χ0v) is 22.7. The highest BCUT2D eigenvalue weighted by molar-refractivity contribution is 7.89. The summed E-state index contributed by atoms with van der Waals surface area (Å²) in [4.78, 5) is 12.9. The fraction of sp³-hybridized carbons (Fsp3) is 0.464. The number of allylic oxidation sites excluding steroid dienone is 1. The van der Waals surface area contributed by atoms with Gasteiger partial charge in [0.1, 0.15) is 6.54 Å². The van der Waals surface area contributed by atoms with Gasteiger partial charge in [0.15, 0.2) is 0 Å². The molecule has 9 heteroatoms. The minimum atomic E-state index is -3.70. The Kier molecular flexibility index (Phi) is 10.5. The SMILES string of the molecule is C/C(N)=C/NC1CCCc2cc(CN3CCCCC3)ccc21.Cc1ccc(S(=O)(=O)NCC(=O)O)cc1. The molecule has 1 heterocycles. The van der Waals surface area contributed by atoms with Crippen molar-refractivity contribution in [1.82, 2.24) is 14.9 Å². The summed E-state index contributed by atoms with van der Waals surface area (Å²) in [6.07, 6.45) is 9.75. The number of aliphatic carboxylic acids is 1. The predicted octanol–water partition coefficient (Wildman–Crippen LogP) is 3.82. The third-order valence-corrected chi connectivity index (χ3v) is 8.05. The van der Waals surface area contributed by atoms with Crippen LogP contribution in [0.3, 0.4) is 0 Å². The van der Waals surface area contributed by atoms with Gasteiger partial charge in [0.05, 0.1) is 10.9 Å². The number of aryl methyl sites for hydroxylation is 2. The molecule has 1 fully saturated rings. The first-order valence-corrected chi connectivity index (χ1v) is 14.4. The van der Waals surface area contributed by atoms with Crippen molar-refractivity contribution in [3.8, 4) is 0 Å². The van der Waals surface area contributed by atoms with Crippen LogP contribution in [-0.4, -0.2) is 44.0 Å². The second-order valence-electron chi connectivity index (χ2n) is 9.90. The van der Waals surface area contributed by atoms with E-state index in [0.717, 1.165) is 17.8 Å². The van der Waals surface area contributed by atoms with Gasteiger partial charge < -0.3 is 16.2 Å². The van der Waals surface area contributed by atoms with Crippen molar-refractivity contribution >= 4 is 16.0 Å². The fourth-order valence-corrected chi connectivity index (χ4v) is 5.68. The third kappa shape index (κ3) is 9.18. The summed E-state index contributed by atoms with van der Waals surface area (Å²) < 4.78 is 24.9. The summed E-state index contributed by atoms with van der Waals surface area (Å²) in [6, 6.07) is 13.7. The topological polar surface area (TPSA) is 125 Å². The van der Waals surface area contributed by atoms with Gasteiger partial charge in [-0.25, -0.2) is 8.42 Å². The van der Waals surface area contributed by atoms with Gasteiger partial charge in [-0.05, 0) is 87.9 Å². The molecule has 1 atom stereocenters. The number of sulfonamides is 1. The normalized spacial score (nSPS) is 18.3. The van der Waals surface area contributed by atoms with Crippen molar-refractivity contribution in [2.24, 2.45) is 5.73 Å². The molecular formula is C28H40N4O4S. The van der Waals surface area contributed by atoms with Crippen LogP contribution in [0.15, 0.2) is 59.3 Å². The molecule has 2 aliphatic rings. The Hall–Kier alpha value is -2.88. The van der Waals surface area contributed by atoms with Crippen molar-refractivity contribution in [2.75, 3.05) is 19.6 Å². The van der Waals surface area contributed by atoms with E-state index >= 15 is 0 Å². The highest BCUT2D eigenvalue weighted by Gasteiger charge is 2.20. The van der Waals surface area contributed by atoms with E-state index in [0.29, 0.717) is 6.04 Å². The first-order chi connectivity index (χ1) is 17.6. The third-order valence-electron chi connectivity index (χ3n) is 6.63. The Morgan fingerprint density at radius 1 is 1.11 bits per heavy atom. The van der Waals surface area contributed by atoms with Gasteiger partial charge in [-0.15, -0.1) is 0 Å². The number of nitrogens with two attached hydrogens (primary N) is 1. The smallest absolute Gasteiger partial charge is 0.318 e. The van der Waals surface area contributed by atoms with E-state index in [1.54, 1.807) is 12.1 Å². The molecule has 2 aromatic rings. The largest absolute Gasteiger partial charge is 0.480 e. The maximum Gasteiger partial charge on any atom is 0.318 e. The van der Waals surface area contributed by atoms with Crippen molar-refractivity contribution in [3.05, 3.63) is 76.6 Å². The fourth-order valence-electron chi connectivity index (χ4n) is 4.70.